The summed E-state index contributed by atoms with van der Waals surface area (Å²) in [5, 5.41) is 10.0. The van der Waals surface area contributed by atoms with Crippen LogP contribution in [0.4, 0.5) is 0 Å². The van der Waals surface area contributed by atoms with E-state index in [0.717, 1.165) is 5.56 Å². The van der Waals surface area contributed by atoms with Gasteiger partial charge in [0.25, 0.3) is 0 Å². The minimum atomic E-state index is -1.47. The molecule has 0 heterocycles. The summed E-state index contributed by atoms with van der Waals surface area (Å²) in [5.41, 5.74) is 1.53. The van der Waals surface area contributed by atoms with E-state index >= 15 is 0 Å². The summed E-state index contributed by atoms with van der Waals surface area (Å²) in [6.07, 6.45) is 0. The Morgan fingerprint density at radius 2 is 1.35 bits per heavy atom. The number of Topliss-reactive ketones (excluding diaryl/α,β-unsaturated/α-hetero) is 1. The van der Waals surface area contributed by atoms with Gasteiger partial charge in [0.05, 0.1) is 0 Å². The highest BCUT2D eigenvalue weighted by molar-refractivity contribution is 6.14. The highest BCUT2D eigenvalue weighted by atomic mass is 16.3. The fraction of sp³-hybridized carbons (Fsp3) is 0.130. The zero-order chi connectivity index (χ0) is 18.7. The monoisotopic (exact) mass is 344 g/mol. The Balaban J connectivity index is 2.16. The van der Waals surface area contributed by atoms with Crippen molar-refractivity contribution in [1.82, 2.24) is 0 Å². The molecule has 26 heavy (non-hydrogen) atoms. The summed E-state index contributed by atoms with van der Waals surface area (Å²) in [4.78, 5) is 25.5. The highest BCUT2D eigenvalue weighted by Gasteiger charge is 2.26. The molecule has 3 aromatic rings. The van der Waals surface area contributed by atoms with Gasteiger partial charge in [0, 0.05) is 16.7 Å². The van der Waals surface area contributed by atoms with E-state index in [2.05, 4.69) is 0 Å². The molecule has 0 aliphatic rings. The van der Waals surface area contributed by atoms with Gasteiger partial charge in [-0.15, -0.1) is 0 Å². The lowest BCUT2D eigenvalue weighted by molar-refractivity contribution is 0.0488. The van der Waals surface area contributed by atoms with E-state index < -0.39 is 5.60 Å². The van der Waals surface area contributed by atoms with Crippen LogP contribution in [0.15, 0.2) is 78.9 Å². The molecule has 1 N–H and O–H groups in total. The standard InChI is InChI=1S/C23H20O3/c1-23(2,26)22(25)18-13-14-19(21(24)17-11-7-4-8-12-17)20(15-18)16-9-5-3-6-10-16/h3-15,26H,1-2H3. The summed E-state index contributed by atoms with van der Waals surface area (Å²) < 4.78 is 0. The van der Waals surface area contributed by atoms with E-state index in [-0.39, 0.29) is 11.6 Å². The number of hydrogen-bond donors (Lipinski definition) is 1. The molecular formula is C23H20O3. The fourth-order valence-electron chi connectivity index (χ4n) is 2.84. The molecule has 0 atom stereocenters. The molecule has 0 unspecified atom stereocenters. The second kappa shape index (κ2) is 7.06. The molecule has 0 spiro atoms. The van der Waals surface area contributed by atoms with Crippen molar-refractivity contribution in [2.24, 2.45) is 0 Å². The number of ketones is 2. The van der Waals surface area contributed by atoms with Crippen molar-refractivity contribution in [2.45, 2.75) is 19.4 Å². The minimum absolute atomic E-state index is 0.105. The van der Waals surface area contributed by atoms with Gasteiger partial charge in [-0.1, -0.05) is 66.7 Å². The lowest BCUT2D eigenvalue weighted by atomic mass is 9.89. The number of carbonyl (C=O) groups excluding carboxylic acids is 2. The first-order chi connectivity index (χ1) is 12.4. The van der Waals surface area contributed by atoms with Gasteiger partial charge in [0.2, 0.25) is 0 Å². The van der Waals surface area contributed by atoms with Gasteiger partial charge in [0.15, 0.2) is 11.6 Å². The number of rotatable bonds is 5. The third-order valence-corrected chi connectivity index (χ3v) is 4.20. The van der Waals surface area contributed by atoms with Crippen molar-refractivity contribution in [3.05, 3.63) is 95.6 Å². The predicted octanol–water partition coefficient (Wildman–Crippen LogP) is 4.54. The van der Waals surface area contributed by atoms with Gasteiger partial charge >= 0.3 is 0 Å². The first-order valence-corrected chi connectivity index (χ1v) is 8.44. The van der Waals surface area contributed by atoms with Crippen molar-refractivity contribution in [3.8, 4) is 11.1 Å². The van der Waals surface area contributed by atoms with E-state index in [0.29, 0.717) is 22.3 Å². The van der Waals surface area contributed by atoms with Gasteiger partial charge in [0.1, 0.15) is 5.60 Å². The Morgan fingerprint density at radius 3 is 1.92 bits per heavy atom. The SMILES string of the molecule is CC(C)(O)C(=O)c1ccc(C(=O)c2ccccc2)c(-c2ccccc2)c1. The van der Waals surface area contributed by atoms with E-state index in [1.807, 2.05) is 48.5 Å². The first kappa shape index (κ1) is 17.8. The predicted molar refractivity (Wildman–Crippen MR) is 102 cm³/mol. The maximum atomic E-state index is 13.0. The largest absolute Gasteiger partial charge is 0.382 e. The van der Waals surface area contributed by atoms with Crippen LogP contribution in [0.25, 0.3) is 11.1 Å². The molecule has 0 saturated heterocycles. The maximum Gasteiger partial charge on any atom is 0.193 e. The molecule has 0 amide bonds. The Morgan fingerprint density at radius 1 is 0.769 bits per heavy atom. The van der Waals surface area contributed by atoms with Gasteiger partial charge in [-0.05, 0) is 37.1 Å². The van der Waals surface area contributed by atoms with E-state index in [4.69, 9.17) is 0 Å². The quantitative estimate of drug-likeness (QED) is 0.692. The van der Waals surface area contributed by atoms with Crippen LogP contribution in [0.2, 0.25) is 0 Å². The molecule has 3 aromatic carbocycles. The van der Waals surface area contributed by atoms with E-state index in [9.17, 15) is 14.7 Å². The summed E-state index contributed by atoms with van der Waals surface area (Å²) in [6.45, 7) is 2.92. The van der Waals surface area contributed by atoms with Crippen LogP contribution >= 0.6 is 0 Å². The molecule has 0 saturated carbocycles. The Labute approximate surface area is 152 Å². The summed E-state index contributed by atoms with van der Waals surface area (Å²) in [5.74, 6) is -0.486. The first-order valence-electron chi connectivity index (χ1n) is 8.44. The van der Waals surface area contributed by atoms with Crippen LogP contribution < -0.4 is 0 Å². The van der Waals surface area contributed by atoms with Crippen LogP contribution in [0.3, 0.4) is 0 Å². The van der Waals surface area contributed by atoms with Gasteiger partial charge in [-0.2, -0.15) is 0 Å². The third kappa shape index (κ3) is 3.63. The summed E-state index contributed by atoms with van der Waals surface area (Å²) in [6, 6.07) is 23.5. The Kier molecular flexibility index (Phi) is 4.83. The molecule has 0 fully saturated rings. The number of aliphatic hydroxyl groups is 1. The Hall–Kier alpha value is -3.04. The van der Waals surface area contributed by atoms with Crippen LogP contribution in [-0.4, -0.2) is 22.3 Å². The average molecular weight is 344 g/mol. The van der Waals surface area contributed by atoms with Crippen molar-refractivity contribution >= 4 is 11.6 Å². The molecule has 3 nitrogen and oxygen atoms in total. The van der Waals surface area contributed by atoms with Crippen molar-refractivity contribution in [2.75, 3.05) is 0 Å². The minimum Gasteiger partial charge on any atom is -0.382 e. The zero-order valence-electron chi connectivity index (χ0n) is 14.8. The van der Waals surface area contributed by atoms with Crippen LogP contribution in [0, 0.1) is 0 Å². The molecule has 0 aliphatic carbocycles. The normalized spacial score (nSPS) is 11.2. The van der Waals surface area contributed by atoms with Crippen molar-refractivity contribution in [3.63, 3.8) is 0 Å². The second-order valence-corrected chi connectivity index (χ2v) is 6.71. The van der Waals surface area contributed by atoms with Crippen molar-refractivity contribution < 1.29 is 14.7 Å². The molecule has 0 bridgehead atoms. The molecule has 3 rings (SSSR count). The molecule has 0 radical (unpaired) electrons. The van der Waals surface area contributed by atoms with Gasteiger partial charge in [-0.25, -0.2) is 0 Å². The lowest BCUT2D eigenvalue weighted by Crippen LogP contribution is -2.31. The summed E-state index contributed by atoms with van der Waals surface area (Å²) in [7, 11) is 0. The van der Waals surface area contributed by atoms with Crippen LogP contribution in [-0.2, 0) is 0 Å². The topological polar surface area (TPSA) is 54.4 Å². The zero-order valence-corrected chi connectivity index (χ0v) is 14.8. The van der Waals surface area contributed by atoms with Crippen molar-refractivity contribution in [1.29, 1.82) is 0 Å². The molecule has 0 aliphatic heterocycles. The Bertz CT molecular complexity index is 936. The molecule has 3 heteroatoms. The number of hydrogen-bond acceptors (Lipinski definition) is 3. The summed E-state index contributed by atoms with van der Waals surface area (Å²) >= 11 is 0. The number of carbonyl (C=O) groups is 2. The lowest BCUT2D eigenvalue weighted by Gasteiger charge is -2.17. The highest BCUT2D eigenvalue weighted by Crippen LogP contribution is 2.28. The van der Waals surface area contributed by atoms with E-state index in [1.165, 1.54) is 13.8 Å². The van der Waals surface area contributed by atoms with Crippen LogP contribution in [0.5, 0.6) is 0 Å². The molecular weight excluding hydrogens is 324 g/mol. The van der Waals surface area contributed by atoms with Gasteiger partial charge < -0.3 is 5.11 Å². The van der Waals surface area contributed by atoms with Gasteiger partial charge in [-0.3, -0.25) is 9.59 Å². The maximum absolute atomic E-state index is 13.0. The molecule has 130 valence electrons. The van der Waals surface area contributed by atoms with E-state index in [1.54, 1.807) is 30.3 Å². The number of benzene rings is 3. The second-order valence-electron chi connectivity index (χ2n) is 6.71. The molecule has 0 aromatic heterocycles. The fourth-order valence-corrected chi connectivity index (χ4v) is 2.84. The smallest absolute Gasteiger partial charge is 0.193 e. The van der Waals surface area contributed by atoms with Crippen LogP contribution in [0.1, 0.15) is 40.1 Å². The third-order valence-electron chi connectivity index (χ3n) is 4.20. The average Bonchev–Trinajstić information content (AvgIpc) is 2.67.